The molecule has 0 aromatic carbocycles. The van der Waals surface area contributed by atoms with E-state index in [1.807, 2.05) is 20.8 Å². The first kappa shape index (κ1) is 26.3. The fourth-order valence-electron chi connectivity index (χ4n) is 6.49. The highest BCUT2D eigenvalue weighted by Gasteiger charge is 2.75. The van der Waals surface area contributed by atoms with Crippen LogP contribution in [0.3, 0.4) is 0 Å². The summed E-state index contributed by atoms with van der Waals surface area (Å²) in [6.45, 7) is 10.5. The van der Waals surface area contributed by atoms with Crippen LogP contribution in [0.4, 0.5) is 0 Å². The van der Waals surface area contributed by atoms with E-state index >= 15 is 0 Å². The highest BCUT2D eigenvalue weighted by Crippen LogP contribution is 2.59. The Labute approximate surface area is 208 Å². The normalized spacial score (nSPS) is 34.1. The minimum atomic E-state index is -1.03. The molecule has 0 saturated carbocycles. The van der Waals surface area contributed by atoms with Gasteiger partial charge >= 0.3 is 0 Å². The van der Waals surface area contributed by atoms with Gasteiger partial charge in [0.15, 0.2) is 0 Å². The first-order valence-corrected chi connectivity index (χ1v) is 13.4. The van der Waals surface area contributed by atoms with Crippen LogP contribution in [0.1, 0.15) is 46.5 Å². The Balaban J connectivity index is 1.59. The predicted octanol–water partition coefficient (Wildman–Crippen LogP) is -0.257. The summed E-state index contributed by atoms with van der Waals surface area (Å²) in [4.78, 5) is 44.6. The molecule has 0 radical (unpaired) electrons. The molecule has 3 amide bonds. The zero-order valence-electron chi connectivity index (χ0n) is 21.3. The van der Waals surface area contributed by atoms with Crippen molar-refractivity contribution in [2.75, 3.05) is 52.5 Å². The number of amides is 3. The Kier molecular flexibility index (Phi) is 8.35. The third-order valence-electron chi connectivity index (χ3n) is 8.51. The molecule has 0 aromatic heterocycles. The quantitative estimate of drug-likeness (QED) is 0.362. The van der Waals surface area contributed by atoms with E-state index in [1.165, 1.54) is 0 Å². The van der Waals surface area contributed by atoms with Gasteiger partial charge in [0, 0.05) is 32.7 Å². The largest absolute Gasteiger partial charge is 0.394 e. The van der Waals surface area contributed by atoms with Gasteiger partial charge in [0.25, 0.3) is 0 Å². The van der Waals surface area contributed by atoms with Gasteiger partial charge < -0.3 is 30.1 Å². The first-order chi connectivity index (χ1) is 16.9. The highest BCUT2D eigenvalue weighted by molar-refractivity contribution is 5.99. The Morgan fingerprint density at radius 2 is 1.89 bits per heavy atom. The zero-order valence-corrected chi connectivity index (χ0v) is 21.3. The fourth-order valence-corrected chi connectivity index (χ4v) is 6.49. The maximum absolute atomic E-state index is 14.0. The highest BCUT2D eigenvalue weighted by atomic mass is 16.5. The molecule has 0 aromatic rings. The SMILES string of the molecule is CCCNC(=O)[C@@H]1[C@H]2C(=O)N([C@@H](CO)[C@@H](C)CC)C(C(=O)NCCN3CCOCC3)C23CC[C@H]1O3. The lowest BCUT2D eigenvalue weighted by atomic mass is 9.70. The number of carbonyl (C=O) groups excluding carboxylic acids is 3. The third-order valence-corrected chi connectivity index (χ3v) is 8.51. The van der Waals surface area contributed by atoms with E-state index in [1.54, 1.807) is 4.90 Å². The van der Waals surface area contributed by atoms with Gasteiger partial charge in [-0.05, 0) is 25.2 Å². The molecule has 1 spiro atoms. The van der Waals surface area contributed by atoms with Crippen molar-refractivity contribution >= 4 is 17.7 Å². The number of aliphatic hydroxyl groups is 1. The summed E-state index contributed by atoms with van der Waals surface area (Å²) in [5.41, 5.74) is -1.03. The van der Waals surface area contributed by atoms with Crippen LogP contribution >= 0.6 is 0 Å². The summed E-state index contributed by atoms with van der Waals surface area (Å²) in [5.74, 6) is -1.98. The molecule has 4 heterocycles. The van der Waals surface area contributed by atoms with Crippen molar-refractivity contribution in [2.24, 2.45) is 17.8 Å². The minimum absolute atomic E-state index is 0.00704. The number of hydrogen-bond acceptors (Lipinski definition) is 7. The van der Waals surface area contributed by atoms with Gasteiger partial charge in [-0.15, -0.1) is 0 Å². The average molecular weight is 495 g/mol. The van der Waals surface area contributed by atoms with Crippen LogP contribution in [-0.4, -0.2) is 109 Å². The predicted molar refractivity (Wildman–Crippen MR) is 128 cm³/mol. The molecule has 2 unspecified atom stereocenters. The van der Waals surface area contributed by atoms with Crippen molar-refractivity contribution in [3.05, 3.63) is 0 Å². The van der Waals surface area contributed by atoms with Crippen molar-refractivity contribution in [1.82, 2.24) is 20.4 Å². The molecule has 198 valence electrons. The van der Waals surface area contributed by atoms with Crippen LogP contribution < -0.4 is 10.6 Å². The second-order valence-corrected chi connectivity index (χ2v) is 10.5. The lowest BCUT2D eigenvalue weighted by molar-refractivity contribution is -0.147. The van der Waals surface area contributed by atoms with Gasteiger partial charge in [0.2, 0.25) is 17.7 Å². The summed E-state index contributed by atoms with van der Waals surface area (Å²) >= 11 is 0. The molecule has 4 aliphatic rings. The number of morpholine rings is 1. The topological polar surface area (TPSA) is 120 Å². The van der Waals surface area contributed by atoms with E-state index < -0.39 is 29.5 Å². The maximum Gasteiger partial charge on any atom is 0.245 e. The Morgan fingerprint density at radius 1 is 1.17 bits per heavy atom. The number of hydrogen-bond donors (Lipinski definition) is 3. The number of aliphatic hydroxyl groups excluding tert-OH is 1. The summed E-state index contributed by atoms with van der Waals surface area (Å²) in [6.07, 6.45) is 2.40. The molecule has 3 N–H and O–H groups in total. The van der Waals surface area contributed by atoms with E-state index in [0.29, 0.717) is 45.7 Å². The molecule has 10 heteroatoms. The van der Waals surface area contributed by atoms with Crippen molar-refractivity contribution in [3.8, 4) is 0 Å². The van der Waals surface area contributed by atoms with E-state index in [9.17, 15) is 19.5 Å². The van der Waals surface area contributed by atoms with Crippen LogP contribution in [-0.2, 0) is 23.9 Å². The van der Waals surface area contributed by atoms with Crippen LogP contribution in [0.2, 0.25) is 0 Å². The lowest BCUT2D eigenvalue weighted by Crippen LogP contribution is -2.59. The minimum Gasteiger partial charge on any atom is -0.394 e. The van der Waals surface area contributed by atoms with Crippen molar-refractivity contribution in [2.45, 2.75) is 70.2 Å². The summed E-state index contributed by atoms with van der Waals surface area (Å²) < 4.78 is 11.8. The number of fused-ring (bicyclic) bond motifs is 1. The van der Waals surface area contributed by atoms with Crippen LogP contribution in [0, 0.1) is 17.8 Å². The van der Waals surface area contributed by atoms with Gasteiger partial charge in [-0.1, -0.05) is 27.2 Å². The Bertz CT molecular complexity index is 790. The second kappa shape index (κ2) is 11.1. The van der Waals surface area contributed by atoms with E-state index in [2.05, 4.69) is 15.5 Å². The zero-order chi connectivity index (χ0) is 25.2. The third kappa shape index (κ3) is 4.70. The van der Waals surface area contributed by atoms with Gasteiger partial charge in [-0.2, -0.15) is 0 Å². The average Bonchev–Trinajstić information content (AvgIpc) is 3.51. The number of carbonyl (C=O) groups is 3. The molecule has 35 heavy (non-hydrogen) atoms. The number of nitrogens with zero attached hydrogens (tertiary/aromatic N) is 2. The fraction of sp³-hybridized carbons (Fsp3) is 0.880. The molecule has 4 saturated heterocycles. The summed E-state index contributed by atoms with van der Waals surface area (Å²) in [5, 5.41) is 16.3. The Morgan fingerprint density at radius 3 is 2.54 bits per heavy atom. The van der Waals surface area contributed by atoms with Crippen molar-refractivity contribution in [3.63, 3.8) is 0 Å². The van der Waals surface area contributed by atoms with Crippen molar-refractivity contribution < 1.29 is 29.0 Å². The molecule has 4 rings (SSSR count). The van der Waals surface area contributed by atoms with Gasteiger partial charge in [-0.25, -0.2) is 0 Å². The molecule has 4 aliphatic heterocycles. The smallest absolute Gasteiger partial charge is 0.245 e. The van der Waals surface area contributed by atoms with E-state index in [-0.39, 0.29) is 36.4 Å². The standard InChI is InChI=1S/C25H42N4O6/c1-4-8-26-22(31)19-18-6-7-25(35-18)20(19)24(33)29(17(15-30)16(3)5-2)21(25)23(32)27-9-10-28-11-13-34-14-12-28/h16-21,30H,4-15H2,1-3H3,(H,26,31)(H,27,32)/t16-,17-,18+,19-,20-,21?,25?/m0/s1. The van der Waals surface area contributed by atoms with Crippen LogP contribution in [0.15, 0.2) is 0 Å². The monoisotopic (exact) mass is 494 g/mol. The molecule has 7 atom stereocenters. The molecule has 0 aliphatic carbocycles. The summed E-state index contributed by atoms with van der Waals surface area (Å²) in [6, 6.07) is -1.37. The summed E-state index contributed by atoms with van der Waals surface area (Å²) in [7, 11) is 0. The number of likely N-dealkylation sites (tertiary alicyclic amines) is 1. The van der Waals surface area contributed by atoms with Gasteiger partial charge in [0.05, 0.1) is 43.8 Å². The number of rotatable bonds is 11. The molecular weight excluding hydrogens is 452 g/mol. The first-order valence-electron chi connectivity index (χ1n) is 13.4. The van der Waals surface area contributed by atoms with Crippen LogP contribution in [0.5, 0.6) is 0 Å². The van der Waals surface area contributed by atoms with E-state index in [0.717, 1.165) is 25.9 Å². The lowest BCUT2D eigenvalue weighted by Gasteiger charge is -2.39. The molecular formula is C25H42N4O6. The second-order valence-electron chi connectivity index (χ2n) is 10.5. The van der Waals surface area contributed by atoms with Crippen molar-refractivity contribution in [1.29, 1.82) is 0 Å². The van der Waals surface area contributed by atoms with E-state index in [4.69, 9.17) is 9.47 Å². The number of nitrogens with one attached hydrogen (secondary N) is 2. The van der Waals surface area contributed by atoms with Crippen LogP contribution in [0.25, 0.3) is 0 Å². The molecule has 2 bridgehead atoms. The molecule has 4 fully saturated rings. The number of ether oxygens (including phenoxy) is 2. The van der Waals surface area contributed by atoms with Gasteiger partial charge in [0.1, 0.15) is 11.6 Å². The Hall–Kier alpha value is -1.75. The molecule has 10 nitrogen and oxygen atoms in total. The van der Waals surface area contributed by atoms with Gasteiger partial charge in [-0.3, -0.25) is 19.3 Å². The maximum atomic E-state index is 14.0.